The van der Waals surface area contributed by atoms with Crippen molar-refractivity contribution in [2.75, 3.05) is 39.3 Å². The summed E-state index contributed by atoms with van der Waals surface area (Å²) in [5.74, 6) is 1.58. The Bertz CT molecular complexity index is 487. The highest BCUT2D eigenvalue weighted by Crippen LogP contribution is 2.31. The predicted molar refractivity (Wildman–Crippen MR) is 81.0 cm³/mol. The fraction of sp³-hybridized carbons (Fsp3) is 0.625. The van der Waals surface area contributed by atoms with E-state index in [4.69, 9.17) is 19.9 Å². The van der Waals surface area contributed by atoms with Crippen LogP contribution in [0.3, 0.4) is 0 Å². The number of hydrogen-bond acceptors (Lipinski definition) is 5. The first kappa shape index (κ1) is 14.6. The van der Waals surface area contributed by atoms with Crippen molar-refractivity contribution in [3.8, 4) is 5.75 Å². The third-order valence-electron chi connectivity index (χ3n) is 4.07. The molecular weight excluding hydrogens is 268 g/mol. The molecule has 0 bridgehead atoms. The van der Waals surface area contributed by atoms with Gasteiger partial charge in [-0.2, -0.15) is 0 Å². The minimum absolute atomic E-state index is 0.324. The van der Waals surface area contributed by atoms with Crippen LogP contribution in [0.5, 0.6) is 5.75 Å². The summed E-state index contributed by atoms with van der Waals surface area (Å²) in [6.07, 6.45) is 2.43. The molecule has 0 aliphatic carbocycles. The van der Waals surface area contributed by atoms with Gasteiger partial charge in [-0.1, -0.05) is 0 Å². The first-order chi connectivity index (χ1) is 10.2. The lowest BCUT2D eigenvalue weighted by atomic mass is 10.0. The molecular formula is C16H24N2O3. The fourth-order valence-electron chi connectivity index (χ4n) is 3.19. The first-order valence-electron chi connectivity index (χ1n) is 7.60. The molecule has 5 nitrogen and oxygen atoms in total. The lowest BCUT2D eigenvalue weighted by molar-refractivity contribution is -0.0175. The van der Waals surface area contributed by atoms with Crippen molar-refractivity contribution < 1.29 is 14.2 Å². The predicted octanol–water partition coefficient (Wildman–Crippen LogP) is 1.99. The van der Waals surface area contributed by atoms with E-state index in [1.165, 1.54) is 12.8 Å². The van der Waals surface area contributed by atoms with Crippen LogP contribution in [0.15, 0.2) is 12.1 Å². The Morgan fingerprint density at radius 3 is 3.05 bits per heavy atom. The Labute approximate surface area is 126 Å². The molecule has 2 heterocycles. The quantitative estimate of drug-likeness (QED) is 0.860. The molecule has 0 aromatic heterocycles. The standard InChI is InChI=1S/C16H24N2O3/c1-18(7-12-3-2-4-19-9-12)8-13-5-15(17)6-14-10-20-11-21-16(13)14/h5-6,12H,2-4,7-11,17H2,1H3. The zero-order valence-corrected chi connectivity index (χ0v) is 12.6. The van der Waals surface area contributed by atoms with E-state index in [-0.39, 0.29) is 0 Å². The molecule has 1 saturated heterocycles. The summed E-state index contributed by atoms with van der Waals surface area (Å²) in [5, 5.41) is 0. The Balaban J connectivity index is 1.67. The van der Waals surface area contributed by atoms with Crippen LogP contribution in [0.2, 0.25) is 0 Å². The van der Waals surface area contributed by atoms with Crippen molar-refractivity contribution in [1.29, 1.82) is 0 Å². The first-order valence-corrected chi connectivity index (χ1v) is 7.60. The molecule has 1 aromatic carbocycles. The Morgan fingerprint density at radius 2 is 2.24 bits per heavy atom. The zero-order chi connectivity index (χ0) is 14.7. The highest BCUT2D eigenvalue weighted by Gasteiger charge is 2.20. The lowest BCUT2D eigenvalue weighted by Crippen LogP contribution is -2.31. The van der Waals surface area contributed by atoms with E-state index in [1.54, 1.807) is 0 Å². The van der Waals surface area contributed by atoms with Gasteiger partial charge >= 0.3 is 0 Å². The Morgan fingerprint density at radius 1 is 1.33 bits per heavy atom. The van der Waals surface area contributed by atoms with E-state index in [2.05, 4.69) is 11.9 Å². The maximum Gasteiger partial charge on any atom is 0.189 e. The van der Waals surface area contributed by atoms with Gasteiger partial charge < -0.3 is 24.8 Å². The third kappa shape index (κ3) is 3.67. The number of fused-ring (bicyclic) bond motifs is 1. The van der Waals surface area contributed by atoms with E-state index in [1.807, 2.05) is 12.1 Å². The molecule has 0 spiro atoms. The van der Waals surface area contributed by atoms with Crippen LogP contribution < -0.4 is 10.5 Å². The van der Waals surface area contributed by atoms with Gasteiger partial charge in [0.15, 0.2) is 6.79 Å². The lowest BCUT2D eigenvalue weighted by Gasteiger charge is -2.28. The van der Waals surface area contributed by atoms with Gasteiger partial charge in [0.05, 0.1) is 13.2 Å². The molecule has 21 heavy (non-hydrogen) atoms. The van der Waals surface area contributed by atoms with Crippen molar-refractivity contribution in [3.63, 3.8) is 0 Å². The average molecular weight is 292 g/mol. The maximum absolute atomic E-state index is 5.99. The van der Waals surface area contributed by atoms with Gasteiger partial charge in [0.25, 0.3) is 0 Å². The van der Waals surface area contributed by atoms with Crippen molar-refractivity contribution in [2.24, 2.45) is 5.92 Å². The number of nitrogen functional groups attached to an aromatic ring is 1. The Hall–Kier alpha value is -1.30. The normalized spacial score (nSPS) is 21.9. The number of anilines is 1. The van der Waals surface area contributed by atoms with Gasteiger partial charge in [-0.3, -0.25) is 0 Å². The number of hydrogen-bond donors (Lipinski definition) is 1. The second-order valence-electron chi connectivity index (χ2n) is 6.06. The van der Waals surface area contributed by atoms with Gasteiger partial charge in [0.2, 0.25) is 0 Å². The van der Waals surface area contributed by atoms with Gasteiger partial charge in [0.1, 0.15) is 5.75 Å². The molecule has 116 valence electrons. The molecule has 0 saturated carbocycles. The molecule has 1 fully saturated rings. The van der Waals surface area contributed by atoms with Crippen LogP contribution in [0.1, 0.15) is 24.0 Å². The molecule has 1 unspecified atom stereocenters. The topological polar surface area (TPSA) is 57.0 Å². The van der Waals surface area contributed by atoms with Gasteiger partial charge in [-0.25, -0.2) is 0 Å². The molecule has 3 rings (SSSR count). The van der Waals surface area contributed by atoms with Crippen molar-refractivity contribution in [2.45, 2.75) is 26.0 Å². The van der Waals surface area contributed by atoms with E-state index >= 15 is 0 Å². The smallest absolute Gasteiger partial charge is 0.189 e. The van der Waals surface area contributed by atoms with E-state index in [0.29, 0.717) is 19.3 Å². The summed E-state index contributed by atoms with van der Waals surface area (Å²) in [5.41, 5.74) is 8.96. The van der Waals surface area contributed by atoms with E-state index in [0.717, 1.165) is 48.9 Å². The number of benzene rings is 1. The van der Waals surface area contributed by atoms with E-state index < -0.39 is 0 Å². The van der Waals surface area contributed by atoms with Crippen LogP contribution in [-0.4, -0.2) is 38.5 Å². The average Bonchev–Trinajstić information content (AvgIpc) is 2.48. The summed E-state index contributed by atoms with van der Waals surface area (Å²) in [6, 6.07) is 3.95. The van der Waals surface area contributed by atoms with Crippen LogP contribution in [0.25, 0.3) is 0 Å². The minimum Gasteiger partial charge on any atom is -0.467 e. The van der Waals surface area contributed by atoms with Crippen LogP contribution in [0, 0.1) is 5.92 Å². The molecule has 2 aliphatic heterocycles. The molecule has 2 N–H and O–H groups in total. The van der Waals surface area contributed by atoms with Crippen LogP contribution in [0.4, 0.5) is 5.69 Å². The van der Waals surface area contributed by atoms with Crippen molar-refractivity contribution >= 4 is 5.69 Å². The summed E-state index contributed by atoms with van der Waals surface area (Å²) in [4.78, 5) is 2.33. The van der Waals surface area contributed by atoms with E-state index in [9.17, 15) is 0 Å². The summed E-state index contributed by atoms with van der Waals surface area (Å²) in [6.45, 7) is 4.57. The third-order valence-corrected chi connectivity index (χ3v) is 4.07. The highest BCUT2D eigenvalue weighted by atomic mass is 16.7. The SMILES string of the molecule is CN(Cc1cc(N)cc2c1OCOC2)CC1CCCOC1. The number of ether oxygens (including phenoxy) is 3. The maximum atomic E-state index is 5.99. The Kier molecular flexibility index (Phi) is 4.63. The molecule has 1 atom stereocenters. The number of nitrogens with zero attached hydrogens (tertiary/aromatic N) is 1. The number of rotatable bonds is 4. The van der Waals surface area contributed by atoms with Gasteiger partial charge in [0, 0.05) is 36.5 Å². The highest BCUT2D eigenvalue weighted by molar-refractivity contribution is 5.53. The summed E-state index contributed by atoms with van der Waals surface area (Å²) >= 11 is 0. The molecule has 2 aliphatic rings. The molecule has 5 heteroatoms. The molecule has 1 aromatic rings. The fourth-order valence-corrected chi connectivity index (χ4v) is 3.19. The summed E-state index contributed by atoms with van der Waals surface area (Å²) in [7, 11) is 2.14. The second-order valence-corrected chi connectivity index (χ2v) is 6.06. The van der Waals surface area contributed by atoms with Crippen molar-refractivity contribution in [3.05, 3.63) is 23.3 Å². The summed E-state index contributed by atoms with van der Waals surface area (Å²) < 4.78 is 16.6. The molecule has 0 amide bonds. The largest absolute Gasteiger partial charge is 0.467 e. The second kappa shape index (κ2) is 6.64. The van der Waals surface area contributed by atoms with Crippen LogP contribution in [-0.2, 0) is 22.6 Å². The minimum atomic E-state index is 0.324. The monoisotopic (exact) mass is 292 g/mol. The van der Waals surface area contributed by atoms with Crippen molar-refractivity contribution in [1.82, 2.24) is 4.90 Å². The van der Waals surface area contributed by atoms with Gasteiger partial charge in [-0.05, 0) is 37.9 Å². The van der Waals surface area contributed by atoms with Gasteiger partial charge in [-0.15, -0.1) is 0 Å². The molecule has 0 radical (unpaired) electrons. The zero-order valence-electron chi connectivity index (χ0n) is 12.6. The van der Waals surface area contributed by atoms with Crippen LogP contribution >= 0.6 is 0 Å². The number of nitrogens with two attached hydrogens (primary N) is 1.